The SMILES string of the molecule is CCCN(CCC)c1cc(N)c(F)cc1F. The van der Waals surface area contributed by atoms with Gasteiger partial charge in [0.1, 0.15) is 11.6 Å². The second-order valence-corrected chi connectivity index (χ2v) is 3.81. The zero-order valence-corrected chi connectivity index (χ0v) is 9.76. The molecule has 0 bridgehead atoms. The van der Waals surface area contributed by atoms with Crippen LogP contribution >= 0.6 is 0 Å². The second kappa shape index (κ2) is 5.68. The molecular formula is C12H18F2N2. The van der Waals surface area contributed by atoms with E-state index in [0.717, 1.165) is 32.0 Å². The summed E-state index contributed by atoms with van der Waals surface area (Å²) >= 11 is 0. The van der Waals surface area contributed by atoms with Crippen molar-refractivity contribution >= 4 is 11.4 Å². The van der Waals surface area contributed by atoms with E-state index in [2.05, 4.69) is 0 Å². The fraction of sp³-hybridized carbons (Fsp3) is 0.500. The minimum Gasteiger partial charge on any atom is -0.396 e. The number of nitrogens with two attached hydrogens (primary N) is 1. The molecular weight excluding hydrogens is 210 g/mol. The maximum absolute atomic E-state index is 13.6. The molecule has 1 rings (SSSR count). The summed E-state index contributed by atoms with van der Waals surface area (Å²) in [6.45, 7) is 5.53. The van der Waals surface area contributed by atoms with E-state index in [1.807, 2.05) is 18.7 Å². The zero-order chi connectivity index (χ0) is 12.1. The summed E-state index contributed by atoms with van der Waals surface area (Å²) in [7, 11) is 0. The van der Waals surface area contributed by atoms with Crippen LogP contribution in [0.5, 0.6) is 0 Å². The van der Waals surface area contributed by atoms with Crippen LogP contribution in [0.4, 0.5) is 20.2 Å². The average Bonchev–Trinajstić information content (AvgIpc) is 2.23. The lowest BCUT2D eigenvalue weighted by Crippen LogP contribution is -2.26. The third-order valence-electron chi connectivity index (χ3n) is 2.39. The number of anilines is 2. The smallest absolute Gasteiger partial charge is 0.149 e. The number of nitrogens with zero attached hydrogens (tertiary/aromatic N) is 1. The second-order valence-electron chi connectivity index (χ2n) is 3.81. The van der Waals surface area contributed by atoms with Crippen molar-refractivity contribution in [3.8, 4) is 0 Å². The van der Waals surface area contributed by atoms with Gasteiger partial charge >= 0.3 is 0 Å². The summed E-state index contributed by atoms with van der Waals surface area (Å²) in [5.74, 6) is -1.25. The molecule has 1 aromatic carbocycles. The van der Waals surface area contributed by atoms with Gasteiger partial charge in [0.05, 0.1) is 11.4 Å². The lowest BCUT2D eigenvalue weighted by atomic mass is 10.2. The Balaban J connectivity index is 3.03. The van der Waals surface area contributed by atoms with E-state index in [0.29, 0.717) is 5.69 Å². The van der Waals surface area contributed by atoms with Crippen molar-refractivity contribution in [2.24, 2.45) is 0 Å². The molecule has 0 aliphatic heterocycles. The average molecular weight is 228 g/mol. The maximum Gasteiger partial charge on any atom is 0.149 e. The van der Waals surface area contributed by atoms with Crippen LogP contribution in [0.15, 0.2) is 12.1 Å². The summed E-state index contributed by atoms with van der Waals surface area (Å²) in [5.41, 5.74) is 5.84. The molecule has 0 saturated carbocycles. The summed E-state index contributed by atoms with van der Waals surface area (Å²) in [4.78, 5) is 1.89. The quantitative estimate of drug-likeness (QED) is 0.784. The Bertz CT molecular complexity index is 347. The van der Waals surface area contributed by atoms with Gasteiger partial charge in [0, 0.05) is 19.2 Å². The van der Waals surface area contributed by atoms with Gasteiger partial charge in [0.2, 0.25) is 0 Å². The third-order valence-corrected chi connectivity index (χ3v) is 2.39. The van der Waals surface area contributed by atoms with Crippen molar-refractivity contribution in [2.45, 2.75) is 26.7 Å². The minimum atomic E-state index is -0.700. The number of nitrogen functional groups attached to an aromatic ring is 1. The predicted octanol–water partition coefficient (Wildman–Crippen LogP) is 3.17. The van der Waals surface area contributed by atoms with Gasteiger partial charge in [-0.05, 0) is 18.9 Å². The van der Waals surface area contributed by atoms with E-state index in [1.165, 1.54) is 6.07 Å². The van der Waals surface area contributed by atoms with Crippen molar-refractivity contribution in [3.05, 3.63) is 23.8 Å². The third kappa shape index (κ3) is 2.84. The first-order valence-electron chi connectivity index (χ1n) is 5.59. The molecule has 0 aromatic heterocycles. The highest BCUT2D eigenvalue weighted by Crippen LogP contribution is 2.25. The van der Waals surface area contributed by atoms with Gasteiger partial charge in [-0.1, -0.05) is 13.8 Å². The summed E-state index contributed by atoms with van der Waals surface area (Å²) < 4.78 is 26.6. The Labute approximate surface area is 95.1 Å². The summed E-state index contributed by atoms with van der Waals surface area (Å²) in [5, 5.41) is 0. The van der Waals surface area contributed by atoms with Crippen molar-refractivity contribution in [1.82, 2.24) is 0 Å². The summed E-state index contributed by atoms with van der Waals surface area (Å²) in [6.07, 6.45) is 1.83. The molecule has 2 N–H and O–H groups in total. The fourth-order valence-corrected chi connectivity index (χ4v) is 1.69. The van der Waals surface area contributed by atoms with E-state index in [9.17, 15) is 8.78 Å². The normalized spacial score (nSPS) is 10.5. The Kier molecular flexibility index (Phi) is 4.52. The first-order valence-corrected chi connectivity index (χ1v) is 5.59. The lowest BCUT2D eigenvalue weighted by Gasteiger charge is -2.24. The molecule has 0 aliphatic rings. The van der Waals surface area contributed by atoms with Crippen molar-refractivity contribution in [2.75, 3.05) is 23.7 Å². The molecule has 0 fully saturated rings. The Morgan fingerprint density at radius 1 is 1.06 bits per heavy atom. The molecule has 2 nitrogen and oxygen atoms in total. The van der Waals surface area contributed by atoms with Gasteiger partial charge in [-0.3, -0.25) is 0 Å². The fourth-order valence-electron chi connectivity index (χ4n) is 1.69. The molecule has 0 amide bonds. The standard InChI is InChI=1S/C12H18F2N2/c1-3-5-16(6-4-2)12-8-11(15)9(13)7-10(12)14/h7-8H,3-6,15H2,1-2H3. The lowest BCUT2D eigenvalue weighted by molar-refractivity contribution is 0.579. The van der Waals surface area contributed by atoms with Crippen LogP contribution in [0.25, 0.3) is 0 Å². The largest absolute Gasteiger partial charge is 0.396 e. The van der Waals surface area contributed by atoms with Crippen LogP contribution in [0.1, 0.15) is 26.7 Å². The van der Waals surface area contributed by atoms with Gasteiger partial charge < -0.3 is 10.6 Å². The van der Waals surface area contributed by atoms with Crippen molar-refractivity contribution in [1.29, 1.82) is 0 Å². The Morgan fingerprint density at radius 3 is 2.12 bits per heavy atom. The van der Waals surface area contributed by atoms with Gasteiger partial charge in [-0.15, -0.1) is 0 Å². The van der Waals surface area contributed by atoms with Crippen molar-refractivity contribution in [3.63, 3.8) is 0 Å². The predicted molar refractivity (Wildman–Crippen MR) is 63.6 cm³/mol. The molecule has 16 heavy (non-hydrogen) atoms. The van der Waals surface area contributed by atoms with Crippen LogP contribution in [0.2, 0.25) is 0 Å². The van der Waals surface area contributed by atoms with Crippen molar-refractivity contribution < 1.29 is 8.78 Å². The molecule has 1 aromatic rings. The number of halogens is 2. The molecule has 0 unspecified atom stereocenters. The van der Waals surface area contributed by atoms with Crippen LogP contribution in [-0.2, 0) is 0 Å². The Hall–Kier alpha value is -1.32. The highest BCUT2D eigenvalue weighted by molar-refractivity contribution is 5.57. The molecule has 0 atom stereocenters. The van der Waals surface area contributed by atoms with E-state index in [1.54, 1.807) is 0 Å². The van der Waals surface area contributed by atoms with Gasteiger partial charge in [0.15, 0.2) is 0 Å². The maximum atomic E-state index is 13.6. The topological polar surface area (TPSA) is 29.3 Å². The number of hydrogen-bond donors (Lipinski definition) is 1. The van der Waals surface area contributed by atoms with Gasteiger partial charge in [-0.25, -0.2) is 8.78 Å². The monoisotopic (exact) mass is 228 g/mol. The van der Waals surface area contributed by atoms with E-state index in [-0.39, 0.29) is 5.69 Å². The summed E-state index contributed by atoms with van der Waals surface area (Å²) in [6, 6.07) is 2.22. The number of benzene rings is 1. The van der Waals surface area contributed by atoms with Crippen LogP contribution < -0.4 is 10.6 Å². The van der Waals surface area contributed by atoms with Crippen LogP contribution in [-0.4, -0.2) is 13.1 Å². The van der Waals surface area contributed by atoms with E-state index in [4.69, 9.17) is 5.73 Å². The van der Waals surface area contributed by atoms with E-state index < -0.39 is 11.6 Å². The zero-order valence-electron chi connectivity index (χ0n) is 9.76. The molecule has 0 radical (unpaired) electrons. The number of rotatable bonds is 5. The molecule has 0 spiro atoms. The molecule has 0 aliphatic carbocycles. The van der Waals surface area contributed by atoms with Crippen LogP contribution in [0.3, 0.4) is 0 Å². The highest BCUT2D eigenvalue weighted by atomic mass is 19.1. The van der Waals surface area contributed by atoms with E-state index >= 15 is 0 Å². The van der Waals surface area contributed by atoms with Crippen LogP contribution in [0, 0.1) is 11.6 Å². The first-order chi connectivity index (χ1) is 7.60. The van der Waals surface area contributed by atoms with Gasteiger partial charge in [-0.2, -0.15) is 0 Å². The Morgan fingerprint density at radius 2 is 1.62 bits per heavy atom. The molecule has 0 saturated heterocycles. The molecule has 0 heterocycles. The molecule has 90 valence electrons. The van der Waals surface area contributed by atoms with Gasteiger partial charge in [0.25, 0.3) is 0 Å². The minimum absolute atomic E-state index is 0.00592. The highest BCUT2D eigenvalue weighted by Gasteiger charge is 2.13. The molecule has 4 heteroatoms. The first kappa shape index (κ1) is 12.7. The number of hydrogen-bond acceptors (Lipinski definition) is 2.